The lowest BCUT2D eigenvalue weighted by molar-refractivity contribution is -0.174. The van der Waals surface area contributed by atoms with Gasteiger partial charge in [-0.1, -0.05) is 0 Å². The molecule has 0 aromatic carbocycles. The Labute approximate surface area is 401 Å². The third-order valence-corrected chi connectivity index (χ3v) is 8.98. The largest absolute Gasteiger partial charge is 0.459 e. The van der Waals surface area contributed by atoms with Gasteiger partial charge in [0, 0.05) is 71.9 Å². The van der Waals surface area contributed by atoms with E-state index in [0.29, 0.717) is 39.3 Å². The van der Waals surface area contributed by atoms with E-state index in [9.17, 15) is 33.9 Å². The number of amides is 3. The Balaban J connectivity index is 3.56. The highest BCUT2D eigenvalue weighted by Gasteiger charge is 2.34. The molecule has 0 bridgehead atoms. The number of hydrogen-bond donors (Lipinski definition) is 3. The van der Waals surface area contributed by atoms with Crippen molar-refractivity contribution < 1.29 is 62.3 Å². The Morgan fingerprint density at radius 2 is 0.970 bits per heavy atom. The molecule has 0 spiro atoms. The molecule has 2 atom stereocenters. The van der Waals surface area contributed by atoms with Crippen LogP contribution in [0.2, 0.25) is 0 Å². The third kappa shape index (κ3) is 31.0. The predicted octanol–water partition coefficient (Wildman–Crippen LogP) is 4.31. The Bertz CT molecular complexity index is 1540. The van der Waals surface area contributed by atoms with Gasteiger partial charge in [-0.3, -0.25) is 38.8 Å². The summed E-state index contributed by atoms with van der Waals surface area (Å²) in [5.41, 5.74) is -2.24. The fourth-order valence-corrected chi connectivity index (χ4v) is 6.55. The number of hydrogen-bond acceptors (Lipinski definition) is 17. The lowest BCUT2D eigenvalue weighted by Crippen LogP contribution is -2.53. The molecule has 1 aliphatic rings. The maximum atomic E-state index is 14.2. The Morgan fingerprint density at radius 3 is 1.39 bits per heavy atom. The van der Waals surface area contributed by atoms with Crippen LogP contribution in [0.3, 0.4) is 0 Å². The van der Waals surface area contributed by atoms with Crippen molar-refractivity contribution in [3.63, 3.8) is 0 Å². The third-order valence-electron chi connectivity index (χ3n) is 8.98. The number of esters is 3. The van der Waals surface area contributed by atoms with E-state index in [0.717, 1.165) is 5.01 Å². The monoisotopic (exact) mass is 960 g/mol. The molecule has 20 heteroatoms. The lowest BCUT2D eigenvalue weighted by Gasteiger charge is -2.37. The number of carbonyl (C=O) groups is 6. The van der Waals surface area contributed by atoms with Gasteiger partial charge in [0.25, 0.3) is 0 Å². The molecule has 20 nitrogen and oxygen atoms in total. The quantitative estimate of drug-likeness (QED) is 0.0902. The highest BCUT2D eigenvalue weighted by atomic mass is 16.6. The molecular weight excluding hydrogens is 871 g/mol. The Kier molecular flexibility index (Phi) is 24.0. The van der Waals surface area contributed by atoms with Gasteiger partial charge in [0.1, 0.15) is 34.0 Å². The predicted molar refractivity (Wildman–Crippen MR) is 254 cm³/mol. The van der Waals surface area contributed by atoms with Crippen molar-refractivity contribution in [2.24, 2.45) is 0 Å². The van der Waals surface area contributed by atoms with Crippen LogP contribution in [0.4, 0.5) is 9.59 Å². The van der Waals surface area contributed by atoms with Crippen LogP contribution in [0.5, 0.6) is 0 Å². The standard InChI is InChI=1S/C47H89N7O13/c1-42(2,3)62-36(56)31-50-23-25-51(32-37(57)63-43(4,5)6)27-29-53(30-28-52(26-24-50)33-38(58)64-44(7,8)9)34(39(59)65-45(10,11)12)19-20-35(55)48-21-22-54(41(61)67-47(16,17)18)49-40(60)66-46(13,14)15/h34,36,56H,19-33H2,1-18H3,(H,48,55)(H,49,60)/t34-,36?/m1/s1. The van der Waals surface area contributed by atoms with Crippen LogP contribution in [-0.2, 0) is 47.6 Å². The van der Waals surface area contributed by atoms with E-state index in [1.165, 1.54) is 0 Å². The van der Waals surface area contributed by atoms with Crippen molar-refractivity contribution in [3.05, 3.63) is 0 Å². The molecule has 390 valence electrons. The summed E-state index contributed by atoms with van der Waals surface area (Å²) in [7, 11) is 0. The zero-order valence-electron chi connectivity index (χ0n) is 44.3. The maximum absolute atomic E-state index is 14.2. The molecule has 1 rings (SSSR count). The van der Waals surface area contributed by atoms with E-state index < -0.39 is 81.9 Å². The van der Waals surface area contributed by atoms with E-state index in [-0.39, 0.29) is 58.7 Å². The normalized spacial score (nSPS) is 17.2. The lowest BCUT2D eigenvalue weighted by atomic mass is 10.1. The minimum atomic E-state index is -1.10. The van der Waals surface area contributed by atoms with Crippen LogP contribution in [0.25, 0.3) is 0 Å². The van der Waals surface area contributed by atoms with Gasteiger partial charge >= 0.3 is 30.1 Å². The van der Waals surface area contributed by atoms with Crippen LogP contribution in [0, 0.1) is 0 Å². The highest BCUT2D eigenvalue weighted by molar-refractivity contribution is 5.80. The van der Waals surface area contributed by atoms with E-state index >= 15 is 0 Å². The summed E-state index contributed by atoms with van der Waals surface area (Å²) in [6, 6.07) is -0.937. The SMILES string of the molecule is CC(C)(C)OC(=O)CN1CCN(CC(O)OC(C)(C)C)CCN(CC(=O)OC(C)(C)C)CCN([C@H](CCC(=O)NCCN(NC(=O)OC(C)(C)C)C(=O)OC(C)(C)C)C(=O)OC(C)(C)C)CC1. The van der Waals surface area contributed by atoms with Crippen LogP contribution in [-0.4, -0.2) is 197 Å². The minimum Gasteiger partial charge on any atom is -0.459 e. The van der Waals surface area contributed by atoms with Gasteiger partial charge in [-0.05, 0) is 131 Å². The summed E-state index contributed by atoms with van der Waals surface area (Å²) in [6.45, 7) is 34.2. The fraction of sp³-hybridized carbons (Fsp3) is 0.872. The summed E-state index contributed by atoms with van der Waals surface area (Å²) in [6.07, 6.45) is -2.93. The molecule has 1 heterocycles. The molecular formula is C47H89N7O13. The van der Waals surface area contributed by atoms with E-state index in [1.54, 1.807) is 104 Å². The van der Waals surface area contributed by atoms with Gasteiger partial charge in [0.05, 0.1) is 25.2 Å². The topological polar surface area (TPSA) is 218 Å². The zero-order chi connectivity index (χ0) is 51.8. The summed E-state index contributed by atoms with van der Waals surface area (Å²) < 4.78 is 34.0. The second kappa shape index (κ2) is 26.2. The number of hydrazine groups is 1. The summed E-state index contributed by atoms with van der Waals surface area (Å²) in [4.78, 5) is 87.7. The zero-order valence-corrected chi connectivity index (χ0v) is 44.3. The molecule has 1 fully saturated rings. The number of ether oxygens (including phenoxy) is 6. The Morgan fingerprint density at radius 1 is 0.552 bits per heavy atom. The van der Waals surface area contributed by atoms with E-state index in [1.807, 2.05) is 40.4 Å². The number of aliphatic hydroxyl groups excluding tert-OH is 1. The fourth-order valence-electron chi connectivity index (χ4n) is 6.55. The van der Waals surface area contributed by atoms with E-state index in [2.05, 4.69) is 10.7 Å². The van der Waals surface area contributed by atoms with Crippen LogP contribution in [0.1, 0.15) is 137 Å². The molecule has 0 radical (unpaired) electrons. The molecule has 0 saturated carbocycles. The van der Waals surface area contributed by atoms with Crippen molar-refractivity contribution in [2.75, 3.05) is 85.1 Å². The molecule has 0 aliphatic carbocycles. The molecule has 3 N–H and O–H groups in total. The second-order valence-corrected chi connectivity index (χ2v) is 22.9. The first kappa shape index (κ1) is 61.2. The second-order valence-electron chi connectivity index (χ2n) is 22.9. The smallest absolute Gasteiger partial charge is 0.429 e. The van der Waals surface area contributed by atoms with Gasteiger partial charge in [0.2, 0.25) is 5.91 Å². The molecule has 0 aromatic heterocycles. The number of nitrogens with zero attached hydrogens (tertiary/aromatic N) is 5. The first-order valence-corrected chi connectivity index (χ1v) is 23.5. The van der Waals surface area contributed by atoms with Crippen molar-refractivity contribution in [2.45, 2.75) is 183 Å². The molecule has 1 aliphatic heterocycles. The summed E-state index contributed by atoms with van der Waals surface area (Å²) in [5.74, 6) is -1.84. The number of β-amino-alcohol motifs (C(OH)–C–C–N with tert-alkyl or cyclic N) is 1. The van der Waals surface area contributed by atoms with Crippen LogP contribution in [0.15, 0.2) is 0 Å². The first-order valence-electron chi connectivity index (χ1n) is 23.5. The first-order chi connectivity index (χ1) is 30.3. The average molecular weight is 960 g/mol. The molecule has 0 aromatic rings. The number of carbonyl (C=O) groups excluding carboxylic acids is 6. The molecule has 3 amide bonds. The van der Waals surface area contributed by atoms with E-state index in [4.69, 9.17) is 28.4 Å². The average Bonchev–Trinajstić information content (AvgIpc) is 3.07. The van der Waals surface area contributed by atoms with Gasteiger partial charge < -0.3 is 38.8 Å². The maximum Gasteiger partial charge on any atom is 0.429 e. The number of aliphatic hydroxyl groups is 1. The Hall–Kier alpha value is -3.82. The molecule has 67 heavy (non-hydrogen) atoms. The van der Waals surface area contributed by atoms with Crippen molar-refractivity contribution >= 4 is 36.0 Å². The summed E-state index contributed by atoms with van der Waals surface area (Å²) in [5, 5.41) is 14.7. The molecule has 1 saturated heterocycles. The van der Waals surface area contributed by atoms with Gasteiger partial charge in [-0.2, -0.15) is 0 Å². The van der Waals surface area contributed by atoms with Crippen molar-refractivity contribution in [3.8, 4) is 0 Å². The number of rotatable bonds is 15. The van der Waals surface area contributed by atoms with Crippen molar-refractivity contribution in [1.29, 1.82) is 0 Å². The number of nitrogens with one attached hydrogen (secondary N) is 2. The van der Waals surface area contributed by atoms with Crippen LogP contribution < -0.4 is 10.7 Å². The summed E-state index contributed by atoms with van der Waals surface area (Å²) >= 11 is 0. The van der Waals surface area contributed by atoms with Gasteiger partial charge in [-0.25, -0.2) is 20.0 Å². The highest BCUT2D eigenvalue weighted by Crippen LogP contribution is 2.18. The van der Waals surface area contributed by atoms with Gasteiger partial charge in [0.15, 0.2) is 6.29 Å². The van der Waals surface area contributed by atoms with Crippen molar-refractivity contribution in [1.82, 2.24) is 35.4 Å². The molecule has 1 unspecified atom stereocenters. The minimum absolute atomic E-state index is 0.0320. The van der Waals surface area contributed by atoms with Crippen LogP contribution >= 0.6 is 0 Å². The van der Waals surface area contributed by atoms with Gasteiger partial charge in [-0.15, -0.1) is 0 Å².